The van der Waals surface area contributed by atoms with Gasteiger partial charge in [-0.3, -0.25) is 0 Å². The summed E-state index contributed by atoms with van der Waals surface area (Å²) in [5.74, 6) is 0. The SMILES string of the molecule is c1ccc2c(-c3c4ccccc4c(-c4cccc5c4ccc4ccccc45)c4ccccc34)c3c(cc2c1)oc1ccccc13. The molecule has 208 valence electrons. The molecule has 1 nitrogen and oxygen atoms in total. The summed E-state index contributed by atoms with van der Waals surface area (Å²) in [6.45, 7) is 0. The first-order valence-electron chi connectivity index (χ1n) is 15.5. The molecule has 1 heterocycles. The van der Waals surface area contributed by atoms with Crippen molar-refractivity contribution in [3.8, 4) is 22.3 Å². The lowest BCUT2D eigenvalue weighted by molar-refractivity contribution is 0.669. The van der Waals surface area contributed by atoms with Gasteiger partial charge in [0.2, 0.25) is 0 Å². The molecule has 9 aromatic carbocycles. The largest absolute Gasteiger partial charge is 0.456 e. The van der Waals surface area contributed by atoms with Gasteiger partial charge in [0.15, 0.2) is 0 Å². The van der Waals surface area contributed by atoms with Gasteiger partial charge in [-0.1, -0.05) is 146 Å². The van der Waals surface area contributed by atoms with Crippen LogP contribution in [0.2, 0.25) is 0 Å². The van der Waals surface area contributed by atoms with Crippen LogP contribution in [-0.4, -0.2) is 0 Å². The molecule has 0 unspecified atom stereocenters. The van der Waals surface area contributed by atoms with Gasteiger partial charge in [-0.2, -0.15) is 0 Å². The minimum absolute atomic E-state index is 0.914. The Morgan fingerprint density at radius 3 is 1.58 bits per heavy atom. The zero-order chi connectivity index (χ0) is 29.5. The van der Waals surface area contributed by atoms with Crippen LogP contribution >= 0.6 is 0 Å². The van der Waals surface area contributed by atoms with E-state index in [0.29, 0.717) is 0 Å². The molecule has 10 aromatic rings. The molecular weight excluding hydrogens is 544 g/mol. The third-order valence-corrected chi connectivity index (χ3v) is 9.63. The predicted octanol–water partition coefficient (Wildman–Crippen LogP) is 12.7. The lowest BCUT2D eigenvalue weighted by atomic mass is 9.82. The third kappa shape index (κ3) is 3.44. The Morgan fingerprint density at radius 1 is 0.289 bits per heavy atom. The lowest BCUT2D eigenvalue weighted by Crippen LogP contribution is -1.93. The van der Waals surface area contributed by atoms with Crippen molar-refractivity contribution < 1.29 is 4.42 Å². The van der Waals surface area contributed by atoms with E-state index in [1.54, 1.807) is 0 Å². The van der Waals surface area contributed by atoms with E-state index in [2.05, 4.69) is 158 Å². The number of hydrogen-bond donors (Lipinski definition) is 0. The molecule has 0 spiro atoms. The number of furan rings is 1. The van der Waals surface area contributed by atoms with Crippen LogP contribution in [0.15, 0.2) is 162 Å². The summed E-state index contributed by atoms with van der Waals surface area (Å²) in [6, 6.07) is 57.3. The maximum Gasteiger partial charge on any atom is 0.136 e. The maximum atomic E-state index is 6.52. The van der Waals surface area contributed by atoms with E-state index in [0.717, 1.165) is 16.6 Å². The smallest absolute Gasteiger partial charge is 0.136 e. The maximum absolute atomic E-state index is 6.52. The van der Waals surface area contributed by atoms with Gasteiger partial charge in [-0.15, -0.1) is 0 Å². The fourth-order valence-electron chi connectivity index (χ4n) is 7.76. The second kappa shape index (κ2) is 9.29. The van der Waals surface area contributed by atoms with Crippen molar-refractivity contribution in [3.05, 3.63) is 158 Å². The second-order valence-corrected chi connectivity index (χ2v) is 12.0. The van der Waals surface area contributed by atoms with E-state index in [4.69, 9.17) is 4.42 Å². The average molecular weight is 571 g/mol. The molecule has 45 heavy (non-hydrogen) atoms. The molecular formula is C44H26O. The zero-order valence-electron chi connectivity index (χ0n) is 24.4. The molecule has 10 rings (SSSR count). The molecule has 0 aliphatic rings. The summed E-state index contributed by atoms with van der Waals surface area (Å²) in [5.41, 5.74) is 6.86. The van der Waals surface area contributed by atoms with Crippen molar-refractivity contribution in [2.24, 2.45) is 0 Å². The first kappa shape index (κ1) is 24.5. The Bertz CT molecular complexity index is 2760. The van der Waals surface area contributed by atoms with Gasteiger partial charge in [0.25, 0.3) is 0 Å². The fourth-order valence-corrected chi connectivity index (χ4v) is 7.76. The fraction of sp³-hybridized carbons (Fsp3) is 0. The van der Waals surface area contributed by atoms with Gasteiger partial charge in [0.1, 0.15) is 11.2 Å². The van der Waals surface area contributed by atoms with E-state index in [1.807, 2.05) is 0 Å². The summed E-state index contributed by atoms with van der Waals surface area (Å²) in [7, 11) is 0. The molecule has 0 aliphatic heterocycles. The standard InChI is InChI=1S/C44H26O/c1-3-14-29-27(12-1)24-25-32-31(29)21-11-22-33(32)41-34-16-5-7-18-36(34)42(37-19-8-6-17-35(37)41)44-30-15-4-2-13-28(30)26-40-43(44)38-20-9-10-23-39(38)45-40/h1-26H. The van der Waals surface area contributed by atoms with E-state index in [1.165, 1.54) is 81.5 Å². The summed E-state index contributed by atoms with van der Waals surface area (Å²) in [4.78, 5) is 0. The number of rotatable bonds is 2. The molecule has 0 saturated heterocycles. The van der Waals surface area contributed by atoms with Crippen molar-refractivity contribution in [1.29, 1.82) is 0 Å². The topological polar surface area (TPSA) is 13.1 Å². The number of fused-ring (bicyclic) bond motifs is 9. The highest BCUT2D eigenvalue weighted by Gasteiger charge is 2.23. The predicted molar refractivity (Wildman–Crippen MR) is 192 cm³/mol. The number of benzene rings is 9. The van der Waals surface area contributed by atoms with Crippen molar-refractivity contribution >= 4 is 75.8 Å². The third-order valence-electron chi connectivity index (χ3n) is 9.63. The summed E-state index contributed by atoms with van der Waals surface area (Å²) in [5, 5.41) is 14.8. The number of hydrogen-bond acceptors (Lipinski definition) is 1. The van der Waals surface area contributed by atoms with Gasteiger partial charge in [-0.05, 0) is 82.7 Å². The Labute approximate surface area is 259 Å². The van der Waals surface area contributed by atoms with Gasteiger partial charge < -0.3 is 4.42 Å². The van der Waals surface area contributed by atoms with Crippen molar-refractivity contribution in [2.75, 3.05) is 0 Å². The van der Waals surface area contributed by atoms with Crippen LogP contribution in [0, 0.1) is 0 Å². The van der Waals surface area contributed by atoms with E-state index in [-0.39, 0.29) is 0 Å². The normalized spacial score (nSPS) is 12.0. The quantitative estimate of drug-likeness (QED) is 0.149. The van der Waals surface area contributed by atoms with Gasteiger partial charge >= 0.3 is 0 Å². The van der Waals surface area contributed by atoms with Crippen LogP contribution in [0.1, 0.15) is 0 Å². The Hall–Kier alpha value is -5.92. The molecule has 0 aliphatic carbocycles. The molecule has 0 radical (unpaired) electrons. The van der Waals surface area contributed by atoms with Crippen LogP contribution in [0.3, 0.4) is 0 Å². The van der Waals surface area contributed by atoms with Crippen LogP contribution in [0.25, 0.3) is 98.1 Å². The summed E-state index contributed by atoms with van der Waals surface area (Å²) < 4.78 is 6.52. The molecule has 0 amide bonds. The Balaban J connectivity index is 1.42. The van der Waals surface area contributed by atoms with Crippen molar-refractivity contribution in [1.82, 2.24) is 0 Å². The van der Waals surface area contributed by atoms with Crippen molar-refractivity contribution in [3.63, 3.8) is 0 Å². The monoisotopic (exact) mass is 570 g/mol. The highest BCUT2D eigenvalue weighted by atomic mass is 16.3. The molecule has 0 saturated carbocycles. The van der Waals surface area contributed by atoms with E-state index < -0.39 is 0 Å². The van der Waals surface area contributed by atoms with Crippen LogP contribution in [0.4, 0.5) is 0 Å². The lowest BCUT2D eigenvalue weighted by Gasteiger charge is -2.20. The molecule has 1 heteroatoms. The van der Waals surface area contributed by atoms with Crippen LogP contribution in [0.5, 0.6) is 0 Å². The molecule has 0 fully saturated rings. The first-order valence-corrected chi connectivity index (χ1v) is 15.5. The number of para-hydroxylation sites is 1. The van der Waals surface area contributed by atoms with Gasteiger partial charge in [0, 0.05) is 16.3 Å². The molecule has 0 atom stereocenters. The van der Waals surface area contributed by atoms with E-state index >= 15 is 0 Å². The summed E-state index contributed by atoms with van der Waals surface area (Å²) in [6.07, 6.45) is 0. The highest BCUT2D eigenvalue weighted by Crippen LogP contribution is 2.50. The molecule has 0 bridgehead atoms. The van der Waals surface area contributed by atoms with Gasteiger partial charge in [-0.25, -0.2) is 0 Å². The van der Waals surface area contributed by atoms with Crippen molar-refractivity contribution in [2.45, 2.75) is 0 Å². The Morgan fingerprint density at radius 2 is 0.844 bits per heavy atom. The minimum atomic E-state index is 0.914. The zero-order valence-corrected chi connectivity index (χ0v) is 24.4. The summed E-state index contributed by atoms with van der Waals surface area (Å²) >= 11 is 0. The van der Waals surface area contributed by atoms with Gasteiger partial charge in [0.05, 0.1) is 0 Å². The van der Waals surface area contributed by atoms with Crippen LogP contribution in [-0.2, 0) is 0 Å². The first-order chi connectivity index (χ1) is 22.3. The molecule has 1 aromatic heterocycles. The highest BCUT2D eigenvalue weighted by molar-refractivity contribution is 6.31. The minimum Gasteiger partial charge on any atom is -0.456 e. The average Bonchev–Trinajstić information content (AvgIpc) is 3.47. The molecule has 0 N–H and O–H groups in total. The second-order valence-electron chi connectivity index (χ2n) is 12.0. The van der Waals surface area contributed by atoms with Crippen LogP contribution < -0.4 is 0 Å². The van der Waals surface area contributed by atoms with E-state index in [9.17, 15) is 0 Å². The Kier molecular flexibility index (Phi) is 5.06.